The summed E-state index contributed by atoms with van der Waals surface area (Å²) in [6.07, 6.45) is 0.523. The minimum absolute atomic E-state index is 0.162. The molecule has 0 bridgehead atoms. The number of carbonyl (C=O) groups excluding carboxylic acids is 1. The Hall–Kier alpha value is -1.54. The molecule has 0 saturated carbocycles. The van der Waals surface area contributed by atoms with Gasteiger partial charge in [-0.3, -0.25) is 0 Å². The number of halogens is 2. The molecule has 0 saturated heterocycles. The normalized spacial score (nSPS) is 10.3. The first kappa shape index (κ1) is 16.5. The number of nitro groups is 1. The van der Waals surface area contributed by atoms with E-state index in [9.17, 15) is 14.9 Å². The maximum Gasteiger partial charge on any atom is 0.410 e. The molecule has 1 aromatic rings. The molecule has 0 N–H and O–H groups in total. The van der Waals surface area contributed by atoms with Crippen molar-refractivity contribution in [3.8, 4) is 0 Å². The molecule has 1 rings (SSSR count). The predicted octanol–water partition coefficient (Wildman–Crippen LogP) is 1.74. The van der Waals surface area contributed by atoms with Gasteiger partial charge in [-0.25, -0.2) is 14.3 Å². The summed E-state index contributed by atoms with van der Waals surface area (Å²) in [4.78, 5) is 27.0. The first-order valence-corrected chi connectivity index (χ1v) is 6.76. The van der Waals surface area contributed by atoms with Crippen molar-refractivity contribution < 1.29 is 14.5 Å². The zero-order valence-corrected chi connectivity index (χ0v) is 12.3. The number of rotatable bonds is 7. The van der Waals surface area contributed by atoms with Crippen LogP contribution in [0, 0.1) is 10.1 Å². The van der Waals surface area contributed by atoms with E-state index >= 15 is 0 Å². The molecule has 0 aliphatic rings. The van der Waals surface area contributed by atoms with Crippen LogP contribution in [0.5, 0.6) is 0 Å². The number of hydrogen-bond donors (Lipinski definition) is 0. The summed E-state index contributed by atoms with van der Waals surface area (Å²) >= 11 is 11.1. The van der Waals surface area contributed by atoms with Crippen LogP contribution in [0.1, 0.15) is 5.82 Å². The number of nitrogens with zero attached hydrogens (tertiary/aromatic N) is 4. The monoisotopic (exact) mass is 324 g/mol. The molecule has 0 spiro atoms. The second kappa shape index (κ2) is 7.91. The Morgan fingerprint density at radius 3 is 2.55 bits per heavy atom. The number of hydrogen-bond acceptors (Lipinski definition) is 5. The van der Waals surface area contributed by atoms with Crippen LogP contribution in [0.2, 0.25) is 0 Å². The Labute approximate surface area is 125 Å². The van der Waals surface area contributed by atoms with Gasteiger partial charge < -0.3 is 19.8 Å². The molecule has 1 amide bonds. The zero-order chi connectivity index (χ0) is 15.1. The van der Waals surface area contributed by atoms with E-state index in [1.807, 2.05) is 0 Å². The number of ether oxygens (including phenoxy) is 1. The van der Waals surface area contributed by atoms with Crippen molar-refractivity contribution in [2.24, 2.45) is 7.05 Å². The summed E-state index contributed by atoms with van der Waals surface area (Å²) in [5.74, 6) is 0.635. The van der Waals surface area contributed by atoms with Gasteiger partial charge in [0.2, 0.25) is 5.82 Å². The fraction of sp³-hybridized carbons (Fsp3) is 0.600. The number of imidazole rings is 1. The summed E-state index contributed by atoms with van der Waals surface area (Å²) in [6, 6.07) is 0. The van der Waals surface area contributed by atoms with E-state index < -0.39 is 11.0 Å². The maximum atomic E-state index is 11.8. The van der Waals surface area contributed by atoms with E-state index in [1.165, 1.54) is 16.5 Å². The largest absolute Gasteiger partial charge is 0.439 e. The highest BCUT2D eigenvalue weighted by Crippen LogP contribution is 2.12. The molecule has 1 aromatic heterocycles. The standard InChI is InChI=1S/C10H14Cl2N4O4/c1-14-8(13-6-9(14)16(18)19)7-20-10(17)15(4-2-11)5-3-12/h6H,2-5,7H2,1H3. The number of carbonyl (C=O) groups is 1. The minimum atomic E-state index is -0.586. The third-order valence-corrected chi connectivity index (χ3v) is 2.88. The lowest BCUT2D eigenvalue weighted by Crippen LogP contribution is -2.35. The fourth-order valence-electron chi connectivity index (χ4n) is 1.46. The molecule has 1 heterocycles. The quantitative estimate of drug-likeness (QED) is 0.433. The van der Waals surface area contributed by atoms with Crippen molar-refractivity contribution in [1.82, 2.24) is 14.5 Å². The molecular formula is C10H14Cl2N4O4. The average molecular weight is 325 g/mol. The lowest BCUT2D eigenvalue weighted by Gasteiger charge is -2.19. The van der Waals surface area contributed by atoms with Crippen molar-refractivity contribution in [3.05, 3.63) is 22.1 Å². The van der Waals surface area contributed by atoms with Crippen LogP contribution in [0.3, 0.4) is 0 Å². The molecule has 0 aliphatic carbocycles. The summed E-state index contributed by atoms with van der Waals surface area (Å²) in [5.41, 5.74) is 0. The predicted molar refractivity (Wildman–Crippen MR) is 73.1 cm³/mol. The molecule has 0 atom stereocenters. The third-order valence-electron chi connectivity index (χ3n) is 2.54. The minimum Gasteiger partial charge on any atom is -0.439 e. The molecule has 112 valence electrons. The Balaban J connectivity index is 2.62. The molecule has 0 unspecified atom stereocenters. The topological polar surface area (TPSA) is 90.5 Å². The van der Waals surface area contributed by atoms with Crippen LogP contribution in [-0.4, -0.2) is 50.3 Å². The highest BCUT2D eigenvalue weighted by molar-refractivity contribution is 6.18. The van der Waals surface area contributed by atoms with Crippen LogP contribution in [0.25, 0.3) is 0 Å². The van der Waals surface area contributed by atoms with E-state index in [0.717, 1.165) is 6.20 Å². The van der Waals surface area contributed by atoms with Crippen molar-refractivity contribution in [2.75, 3.05) is 24.8 Å². The van der Waals surface area contributed by atoms with Crippen molar-refractivity contribution in [2.45, 2.75) is 6.61 Å². The first-order valence-electron chi connectivity index (χ1n) is 5.69. The van der Waals surface area contributed by atoms with E-state index in [2.05, 4.69) is 4.98 Å². The van der Waals surface area contributed by atoms with E-state index in [0.29, 0.717) is 13.1 Å². The molecule has 0 fully saturated rings. The van der Waals surface area contributed by atoms with Gasteiger partial charge in [-0.15, -0.1) is 23.2 Å². The smallest absolute Gasteiger partial charge is 0.410 e. The molecular weight excluding hydrogens is 311 g/mol. The second-order valence-electron chi connectivity index (χ2n) is 3.77. The number of aromatic nitrogens is 2. The van der Waals surface area contributed by atoms with Gasteiger partial charge in [0.1, 0.15) is 6.20 Å². The SMILES string of the molecule is Cn1c([N+](=O)[O-])cnc1COC(=O)N(CCCl)CCCl. The molecule has 0 aliphatic heterocycles. The molecule has 8 nitrogen and oxygen atoms in total. The Kier molecular flexibility index (Phi) is 6.53. The summed E-state index contributed by atoms with van der Waals surface area (Å²) in [7, 11) is 1.48. The average Bonchev–Trinajstić information content (AvgIpc) is 2.77. The molecule has 0 radical (unpaired) electrons. The first-order chi connectivity index (χ1) is 9.51. The highest BCUT2D eigenvalue weighted by atomic mass is 35.5. The van der Waals surface area contributed by atoms with Gasteiger partial charge in [0.05, 0.1) is 7.05 Å². The Morgan fingerprint density at radius 2 is 2.10 bits per heavy atom. The van der Waals surface area contributed by atoms with Crippen LogP contribution in [0.15, 0.2) is 6.20 Å². The van der Waals surface area contributed by atoms with Crippen molar-refractivity contribution in [3.63, 3.8) is 0 Å². The lowest BCUT2D eigenvalue weighted by atomic mass is 10.5. The highest BCUT2D eigenvalue weighted by Gasteiger charge is 2.19. The summed E-state index contributed by atoms with van der Waals surface area (Å²) in [5, 5.41) is 10.7. The van der Waals surface area contributed by atoms with Crippen molar-refractivity contribution >= 4 is 35.1 Å². The van der Waals surface area contributed by atoms with Gasteiger partial charge in [-0.1, -0.05) is 0 Å². The molecule has 0 aromatic carbocycles. The Morgan fingerprint density at radius 1 is 1.50 bits per heavy atom. The van der Waals surface area contributed by atoms with E-state index in [-0.39, 0.29) is 30.0 Å². The molecule has 20 heavy (non-hydrogen) atoms. The fourth-order valence-corrected chi connectivity index (χ4v) is 1.87. The van der Waals surface area contributed by atoms with Gasteiger partial charge in [0, 0.05) is 24.8 Å². The van der Waals surface area contributed by atoms with Crippen molar-refractivity contribution in [1.29, 1.82) is 0 Å². The van der Waals surface area contributed by atoms with E-state index in [4.69, 9.17) is 27.9 Å². The van der Waals surface area contributed by atoms with Crippen LogP contribution < -0.4 is 0 Å². The Bertz CT molecular complexity index is 474. The van der Waals surface area contributed by atoms with Crippen LogP contribution in [-0.2, 0) is 18.4 Å². The summed E-state index contributed by atoms with van der Waals surface area (Å²) < 4.78 is 6.28. The van der Waals surface area contributed by atoms with Gasteiger partial charge in [-0.05, 0) is 4.92 Å². The van der Waals surface area contributed by atoms with Gasteiger partial charge in [0.25, 0.3) is 0 Å². The number of alkyl halides is 2. The van der Waals surface area contributed by atoms with Gasteiger partial charge in [-0.2, -0.15) is 0 Å². The lowest BCUT2D eigenvalue weighted by molar-refractivity contribution is -0.391. The maximum absolute atomic E-state index is 11.8. The number of amides is 1. The van der Waals surface area contributed by atoms with Crippen LogP contribution in [0.4, 0.5) is 10.6 Å². The van der Waals surface area contributed by atoms with Crippen LogP contribution >= 0.6 is 23.2 Å². The van der Waals surface area contributed by atoms with Gasteiger partial charge in [0.15, 0.2) is 6.61 Å². The van der Waals surface area contributed by atoms with E-state index in [1.54, 1.807) is 0 Å². The second-order valence-corrected chi connectivity index (χ2v) is 4.52. The third kappa shape index (κ3) is 4.24. The zero-order valence-electron chi connectivity index (χ0n) is 10.8. The van der Waals surface area contributed by atoms with Gasteiger partial charge >= 0.3 is 11.9 Å². The molecule has 10 heteroatoms. The summed E-state index contributed by atoms with van der Waals surface area (Å²) in [6.45, 7) is 0.464.